The first-order chi connectivity index (χ1) is 14.1. The van der Waals surface area contributed by atoms with E-state index < -0.39 is 0 Å². The van der Waals surface area contributed by atoms with Gasteiger partial charge in [-0.05, 0) is 38.0 Å². The number of aryl methyl sites for hydroxylation is 3. The highest BCUT2D eigenvalue weighted by Crippen LogP contribution is 2.32. The molecule has 29 heavy (non-hydrogen) atoms. The molecule has 0 fully saturated rings. The molecular formula is C21H19N7O. The van der Waals surface area contributed by atoms with Crippen LogP contribution in [0.5, 0.6) is 0 Å². The molecule has 0 bridgehead atoms. The first-order valence-electron chi connectivity index (χ1n) is 9.32. The average molecular weight is 385 g/mol. The third-order valence-electron chi connectivity index (χ3n) is 5.07. The van der Waals surface area contributed by atoms with Gasteiger partial charge in [-0.1, -0.05) is 23.4 Å². The Labute approximate surface area is 166 Å². The number of benzene rings is 1. The van der Waals surface area contributed by atoms with E-state index in [9.17, 15) is 0 Å². The molecule has 5 rings (SSSR count). The zero-order valence-corrected chi connectivity index (χ0v) is 16.3. The van der Waals surface area contributed by atoms with Crippen molar-refractivity contribution >= 4 is 27.9 Å². The maximum Gasteiger partial charge on any atom is 0.182 e. The van der Waals surface area contributed by atoms with Gasteiger partial charge in [-0.3, -0.25) is 0 Å². The number of imidazole rings is 1. The van der Waals surface area contributed by atoms with Crippen LogP contribution in [0, 0.1) is 20.8 Å². The van der Waals surface area contributed by atoms with Gasteiger partial charge in [0.05, 0.1) is 28.8 Å². The van der Waals surface area contributed by atoms with Crippen molar-refractivity contribution in [1.29, 1.82) is 0 Å². The normalized spacial score (nSPS) is 11.4. The van der Waals surface area contributed by atoms with Crippen molar-refractivity contribution in [3.63, 3.8) is 0 Å². The van der Waals surface area contributed by atoms with Gasteiger partial charge in [-0.15, -0.1) is 0 Å². The van der Waals surface area contributed by atoms with Crippen LogP contribution >= 0.6 is 0 Å². The van der Waals surface area contributed by atoms with E-state index in [1.165, 1.54) is 6.33 Å². The molecule has 0 spiro atoms. The van der Waals surface area contributed by atoms with Crippen LogP contribution < -0.4 is 5.32 Å². The molecule has 2 N–H and O–H groups in total. The van der Waals surface area contributed by atoms with E-state index in [0.717, 1.165) is 50.3 Å². The van der Waals surface area contributed by atoms with E-state index in [1.807, 2.05) is 19.9 Å². The van der Waals surface area contributed by atoms with Crippen molar-refractivity contribution in [2.24, 2.45) is 0 Å². The molecule has 0 saturated heterocycles. The van der Waals surface area contributed by atoms with Crippen LogP contribution in [0.3, 0.4) is 0 Å². The molecule has 8 nitrogen and oxygen atoms in total. The summed E-state index contributed by atoms with van der Waals surface area (Å²) in [6, 6.07) is 8.35. The third-order valence-corrected chi connectivity index (χ3v) is 5.07. The Hall–Kier alpha value is -3.81. The second kappa shape index (κ2) is 6.66. The molecule has 0 unspecified atom stereocenters. The van der Waals surface area contributed by atoms with E-state index in [1.54, 1.807) is 6.33 Å². The van der Waals surface area contributed by atoms with Gasteiger partial charge in [0.25, 0.3) is 0 Å². The molecule has 0 amide bonds. The number of aromatic nitrogens is 6. The van der Waals surface area contributed by atoms with Gasteiger partial charge < -0.3 is 14.8 Å². The van der Waals surface area contributed by atoms with Crippen LogP contribution in [0.1, 0.15) is 22.6 Å². The second-order valence-electron chi connectivity index (χ2n) is 7.02. The number of fused-ring (bicyclic) bond motifs is 2. The number of rotatable bonds is 4. The molecule has 1 aromatic carbocycles. The minimum Gasteiger partial charge on any atom is -0.364 e. The van der Waals surface area contributed by atoms with Crippen molar-refractivity contribution in [3.05, 3.63) is 59.5 Å². The predicted molar refractivity (Wildman–Crippen MR) is 110 cm³/mol. The van der Waals surface area contributed by atoms with Gasteiger partial charge in [0.15, 0.2) is 11.5 Å². The van der Waals surface area contributed by atoms with Crippen LogP contribution in [0.4, 0.5) is 5.82 Å². The molecule has 0 aliphatic rings. The van der Waals surface area contributed by atoms with Crippen molar-refractivity contribution in [2.75, 3.05) is 5.32 Å². The summed E-state index contributed by atoms with van der Waals surface area (Å²) in [5, 5.41) is 8.61. The maximum atomic E-state index is 5.41. The van der Waals surface area contributed by atoms with Crippen LogP contribution in [0.25, 0.3) is 33.3 Å². The molecule has 0 radical (unpaired) electrons. The third kappa shape index (κ3) is 2.89. The number of para-hydroxylation sites is 1. The lowest BCUT2D eigenvalue weighted by molar-refractivity contribution is 0.393. The lowest BCUT2D eigenvalue weighted by atomic mass is 10.0. The highest BCUT2D eigenvalue weighted by Gasteiger charge is 2.19. The number of aromatic amines is 1. The summed E-state index contributed by atoms with van der Waals surface area (Å²) in [7, 11) is 0. The van der Waals surface area contributed by atoms with Crippen molar-refractivity contribution in [3.8, 4) is 11.3 Å². The van der Waals surface area contributed by atoms with Crippen LogP contribution in [-0.4, -0.2) is 30.1 Å². The topological polar surface area (TPSA) is 105 Å². The fourth-order valence-corrected chi connectivity index (χ4v) is 3.64. The van der Waals surface area contributed by atoms with E-state index in [2.05, 4.69) is 55.5 Å². The lowest BCUT2D eigenvalue weighted by Crippen LogP contribution is -2.06. The van der Waals surface area contributed by atoms with Crippen molar-refractivity contribution in [1.82, 2.24) is 30.1 Å². The highest BCUT2D eigenvalue weighted by atomic mass is 16.5. The van der Waals surface area contributed by atoms with Crippen molar-refractivity contribution < 1.29 is 4.52 Å². The molecule has 0 atom stereocenters. The van der Waals surface area contributed by atoms with E-state index in [0.29, 0.717) is 18.0 Å². The molecule has 0 saturated carbocycles. The Morgan fingerprint density at radius 3 is 2.83 bits per heavy atom. The Kier molecular flexibility index (Phi) is 3.97. The van der Waals surface area contributed by atoms with Gasteiger partial charge in [0.2, 0.25) is 0 Å². The van der Waals surface area contributed by atoms with Gasteiger partial charge in [0.1, 0.15) is 17.6 Å². The molecule has 144 valence electrons. The molecule has 4 aromatic heterocycles. The zero-order valence-electron chi connectivity index (χ0n) is 16.3. The molecular weight excluding hydrogens is 366 g/mol. The monoisotopic (exact) mass is 385 g/mol. The van der Waals surface area contributed by atoms with E-state index >= 15 is 0 Å². The van der Waals surface area contributed by atoms with Gasteiger partial charge >= 0.3 is 0 Å². The quantitative estimate of drug-likeness (QED) is 0.480. The van der Waals surface area contributed by atoms with Crippen LogP contribution in [-0.2, 0) is 6.54 Å². The number of nitrogens with zero attached hydrogens (tertiary/aromatic N) is 5. The molecule has 0 aliphatic heterocycles. The summed E-state index contributed by atoms with van der Waals surface area (Å²) in [4.78, 5) is 20.8. The first kappa shape index (κ1) is 17.3. The fraction of sp³-hybridized carbons (Fsp3) is 0.190. The molecule has 0 aliphatic carbocycles. The second-order valence-corrected chi connectivity index (χ2v) is 7.02. The largest absolute Gasteiger partial charge is 0.364 e. The summed E-state index contributed by atoms with van der Waals surface area (Å²) in [5.41, 5.74) is 7.16. The first-order valence-corrected chi connectivity index (χ1v) is 9.32. The Balaban J connectivity index is 1.64. The maximum absolute atomic E-state index is 5.41. The SMILES string of the molecule is Cc1noc(C)c1-c1nc2c(C)cccc2cc1CNc1ncnc2nc[nH]c12. The summed E-state index contributed by atoms with van der Waals surface area (Å²) in [6.07, 6.45) is 3.11. The molecule has 4 heterocycles. The standard InChI is InChI=1S/C21H19N7O/c1-11-5-4-6-14-7-15(8-22-20-19-21(24-9-23-19)26-10-25-20)18(27-17(11)14)16-12(2)28-29-13(16)3/h4-7,9-10H,8H2,1-3H3,(H2,22,23,24,25,26). The number of hydrogen-bond acceptors (Lipinski definition) is 7. The summed E-state index contributed by atoms with van der Waals surface area (Å²) in [6.45, 7) is 6.45. The Morgan fingerprint density at radius 1 is 1.10 bits per heavy atom. The number of hydrogen-bond donors (Lipinski definition) is 2. The van der Waals surface area contributed by atoms with E-state index in [4.69, 9.17) is 9.51 Å². The smallest absolute Gasteiger partial charge is 0.182 e. The summed E-state index contributed by atoms with van der Waals surface area (Å²) in [5.74, 6) is 1.45. The molecule has 5 aromatic rings. The highest BCUT2D eigenvalue weighted by molar-refractivity contribution is 5.87. The molecule has 8 heteroatoms. The van der Waals surface area contributed by atoms with E-state index in [-0.39, 0.29) is 0 Å². The zero-order chi connectivity index (χ0) is 20.0. The van der Waals surface area contributed by atoms with Crippen molar-refractivity contribution in [2.45, 2.75) is 27.3 Å². The number of H-pyrrole nitrogens is 1. The average Bonchev–Trinajstić information content (AvgIpc) is 3.33. The lowest BCUT2D eigenvalue weighted by Gasteiger charge is -2.13. The fourth-order valence-electron chi connectivity index (χ4n) is 3.64. The Morgan fingerprint density at radius 2 is 2.00 bits per heavy atom. The minimum atomic E-state index is 0.529. The van der Waals surface area contributed by atoms with Crippen LogP contribution in [0.2, 0.25) is 0 Å². The van der Waals surface area contributed by atoms with Gasteiger partial charge in [0, 0.05) is 11.9 Å². The number of pyridine rings is 1. The summed E-state index contributed by atoms with van der Waals surface area (Å²) >= 11 is 0. The van der Waals surface area contributed by atoms with Crippen LogP contribution in [0.15, 0.2) is 41.4 Å². The van der Waals surface area contributed by atoms with Gasteiger partial charge in [-0.2, -0.15) is 0 Å². The predicted octanol–water partition coefficient (Wildman–Crippen LogP) is 4.09. The Bertz CT molecular complexity index is 1330. The minimum absolute atomic E-state index is 0.529. The number of anilines is 1. The summed E-state index contributed by atoms with van der Waals surface area (Å²) < 4.78 is 5.41. The van der Waals surface area contributed by atoms with Gasteiger partial charge in [-0.25, -0.2) is 19.9 Å². The number of nitrogens with one attached hydrogen (secondary N) is 2.